The second-order valence-corrected chi connectivity index (χ2v) is 2.97. The number of aliphatic carboxylic acids is 1. The maximum absolute atomic E-state index is 10.5. The second-order valence-electron chi connectivity index (χ2n) is 2.97. The van der Waals surface area contributed by atoms with Crippen LogP contribution in [0.25, 0.3) is 0 Å². The first kappa shape index (κ1) is 10.5. The number of hydrogen-bond acceptors (Lipinski definition) is 3. The van der Waals surface area contributed by atoms with Gasteiger partial charge in [0.25, 0.3) is 0 Å². The lowest BCUT2D eigenvalue weighted by atomic mass is 9.75. The van der Waals surface area contributed by atoms with Crippen molar-refractivity contribution in [2.24, 2.45) is 11.5 Å². The number of carbonyl (C=O) groups is 1. The van der Waals surface area contributed by atoms with Gasteiger partial charge in [0, 0.05) is 0 Å². The third-order valence-electron chi connectivity index (χ3n) is 1.64. The Morgan fingerprint density at radius 2 is 2.09 bits per heavy atom. The Morgan fingerprint density at radius 1 is 1.55 bits per heavy atom. The summed E-state index contributed by atoms with van der Waals surface area (Å²) < 4.78 is 0. The molecule has 4 nitrogen and oxygen atoms in total. The number of nitrogens with two attached hydrogens (primary N) is 2. The van der Waals surface area contributed by atoms with Crippen LogP contribution >= 0.6 is 0 Å². The van der Waals surface area contributed by atoms with Crippen LogP contribution in [0.15, 0.2) is 0 Å². The fraction of sp³-hybridized carbons (Fsp3) is 0.833. The molecule has 64 valence electrons. The monoisotopic (exact) mass is 158 g/mol. The zero-order valence-corrected chi connectivity index (χ0v) is 6.84. The largest absolute Gasteiger partial charge is 0.480 e. The van der Waals surface area contributed by atoms with Crippen LogP contribution in [-0.2, 0) is 4.79 Å². The predicted octanol–water partition coefficient (Wildman–Crippen LogP) is -1.51. The Kier molecular flexibility index (Phi) is 4.14. The van der Waals surface area contributed by atoms with Crippen molar-refractivity contribution < 1.29 is 9.90 Å². The van der Waals surface area contributed by atoms with Gasteiger partial charge in [-0.3, -0.25) is 4.79 Å². The molecule has 0 bridgehead atoms. The van der Waals surface area contributed by atoms with Crippen LogP contribution in [0.1, 0.15) is 19.3 Å². The maximum atomic E-state index is 10.5. The summed E-state index contributed by atoms with van der Waals surface area (Å²) in [4.78, 5) is 10.5. The zero-order valence-electron chi connectivity index (χ0n) is 6.84. The first-order valence-electron chi connectivity index (χ1n) is 3.73. The maximum Gasteiger partial charge on any atom is 0.314 e. The van der Waals surface area contributed by atoms with Crippen molar-refractivity contribution in [2.45, 2.75) is 24.7 Å². The number of carboxylic acid groups (broad SMARTS) is 1. The molecule has 0 aromatic rings. The van der Waals surface area contributed by atoms with Gasteiger partial charge in [0.15, 0.2) is 0 Å². The standard InChI is InChI=1S/C6H15BN2O2/c7-6(9,5(10)11)3-1-2-4-8/h1-4,7-9H2,(H,10,11). The van der Waals surface area contributed by atoms with E-state index < -0.39 is 11.4 Å². The van der Waals surface area contributed by atoms with E-state index in [4.69, 9.17) is 16.6 Å². The molecule has 1 unspecified atom stereocenters. The Hall–Kier alpha value is -0.545. The van der Waals surface area contributed by atoms with Crippen LogP contribution in [-0.4, -0.2) is 30.9 Å². The minimum Gasteiger partial charge on any atom is -0.480 e. The van der Waals surface area contributed by atoms with E-state index in [2.05, 4.69) is 0 Å². The summed E-state index contributed by atoms with van der Waals surface area (Å²) in [6.07, 6.45) is 2.09. The van der Waals surface area contributed by atoms with Gasteiger partial charge in [-0.1, -0.05) is 6.42 Å². The van der Waals surface area contributed by atoms with Crippen molar-refractivity contribution >= 4 is 13.8 Å². The molecule has 0 aromatic carbocycles. The van der Waals surface area contributed by atoms with E-state index in [9.17, 15) is 4.79 Å². The third kappa shape index (κ3) is 4.00. The van der Waals surface area contributed by atoms with E-state index in [1.54, 1.807) is 0 Å². The van der Waals surface area contributed by atoms with Crippen LogP contribution in [0.4, 0.5) is 0 Å². The van der Waals surface area contributed by atoms with E-state index in [0.29, 0.717) is 13.0 Å². The van der Waals surface area contributed by atoms with Crippen LogP contribution in [0, 0.1) is 0 Å². The van der Waals surface area contributed by atoms with E-state index in [0.717, 1.165) is 12.8 Å². The van der Waals surface area contributed by atoms with Gasteiger partial charge in [0.2, 0.25) is 0 Å². The molecule has 0 aromatic heterocycles. The molecule has 0 spiro atoms. The molecule has 5 N–H and O–H groups in total. The summed E-state index contributed by atoms with van der Waals surface area (Å²) in [5.41, 5.74) is 9.62. The topological polar surface area (TPSA) is 89.3 Å². The van der Waals surface area contributed by atoms with Gasteiger partial charge in [-0.25, -0.2) is 0 Å². The average molecular weight is 158 g/mol. The summed E-state index contributed by atoms with van der Waals surface area (Å²) >= 11 is 0. The highest BCUT2D eigenvalue weighted by molar-refractivity contribution is 6.26. The molecule has 0 amide bonds. The molecule has 0 aliphatic heterocycles. The van der Waals surface area contributed by atoms with Crippen molar-refractivity contribution in [3.8, 4) is 0 Å². The van der Waals surface area contributed by atoms with Gasteiger partial charge in [0.1, 0.15) is 7.85 Å². The molecule has 11 heavy (non-hydrogen) atoms. The molecule has 0 aliphatic rings. The lowest BCUT2D eigenvalue weighted by Crippen LogP contribution is -2.48. The first-order chi connectivity index (χ1) is 5.00. The van der Waals surface area contributed by atoms with Gasteiger partial charge in [-0.15, -0.1) is 0 Å². The van der Waals surface area contributed by atoms with Gasteiger partial charge >= 0.3 is 5.97 Å². The van der Waals surface area contributed by atoms with Crippen LogP contribution in [0.5, 0.6) is 0 Å². The third-order valence-corrected chi connectivity index (χ3v) is 1.64. The van der Waals surface area contributed by atoms with E-state index in [1.165, 1.54) is 7.85 Å². The number of hydrogen-bond donors (Lipinski definition) is 3. The van der Waals surface area contributed by atoms with Gasteiger partial charge < -0.3 is 16.6 Å². The smallest absolute Gasteiger partial charge is 0.314 e. The molecule has 0 saturated heterocycles. The Bertz CT molecular complexity index is 139. The van der Waals surface area contributed by atoms with Crippen LogP contribution in [0.2, 0.25) is 0 Å². The summed E-state index contributed by atoms with van der Waals surface area (Å²) in [6, 6.07) is 0. The number of unbranched alkanes of at least 4 members (excludes halogenated alkanes) is 1. The lowest BCUT2D eigenvalue weighted by molar-refractivity contribution is -0.140. The highest BCUT2D eigenvalue weighted by Gasteiger charge is 2.26. The summed E-state index contributed by atoms with van der Waals surface area (Å²) in [7, 11) is 1.52. The van der Waals surface area contributed by atoms with Crippen molar-refractivity contribution in [3.05, 3.63) is 0 Å². The van der Waals surface area contributed by atoms with E-state index >= 15 is 0 Å². The predicted molar refractivity (Wildman–Crippen MR) is 46.0 cm³/mol. The Morgan fingerprint density at radius 3 is 2.45 bits per heavy atom. The molecular formula is C6H15BN2O2. The van der Waals surface area contributed by atoms with E-state index in [-0.39, 0.29) is 0 Å². The van der Waals surface area contributed by atoms with Gasteiger partial charge in [-0.2, -0.15) is 0 Å². The fourth-order valence-corrected chi connectivity index (χ4v) is 0.743. The van der Waals surface area contributed by atoms with Crippen molar-refractivity contribution in [2.75, 3.05) is 6.54 Å². The molecule has 0 fully saturated rings. The Balaban J connectivity index is 3.64. The SMILES string of the molecule is BC(N)(CCCCN)C(=O)O. The minimum absolute atomic E-state index is 0.486. The van der Waals surface area contributed by atoms with Crippen molar-refractivity contribution in [1.82, 2.24) is 0 Å². The zero-order chi connectivity index (χ0) is 8.91. The van der Waals surface area contributed by atoms with Crippen molar-refractivity contribution in [3.63, 3.8) is 0 Å². The molecule has 5 heteroatoms. The highest BCUT2D eigenvalue weighted by atomic mass is 16.4. The number of carboxylic acids is 1. The molecule has 0 aliphatic carbocycles. The lowest BCUT2D eigenvalue weighted by Gasteiger charge is -2.18. The molecule has 0 heterocycles. The average Bonchev–Trinajstić information content (AvgIpc) is 1.88. The minimum atomic E-state index is -1.09. The van der Waals surface area contributed by atoms with Gasteiger partial charge in [0.05, 0.1) is 5.44 Å². The highest BCUT2D eigenvalue weighted by Crippen LogP contribution is 2.06. The Labute approximate surface area is 67.4 Å². The van der Waals surface area contributed by atoms with Crippen LogP contribution < -0.4 is 11.5 Å². The summed E-state index contributed by atoms with van der Waals surface area (Å²) in [6.45, 7) is 0.593. The number of rotatable bonds is 5. The van der Waals surface area contributed by atoms with Crippen LogP contribution in [0.3, 0.4) is 0 Å². The molecule has 0 rings (SSSR count). The van der Waals surface area contributed by atoms with E-state index in [1.807, 2.05) is 0 Å². The first-order valence-corrected chi connectivity index (χ1v) is 3.73. The fourth-order valence-electron chi connectivity index (χ4n) is 0.743. The van der Waals surface area contributed by atoms with Gasteiger partial charge in [-0.05, 0) is 19.4 Å². The molecule has 0 radical (unpaired) electrons. The molecule has 0 saturated carbocycles. The summed E-state index contributed by atoms with van der Waals surface area (Å²) in [5, 5.41) is 8.58. The second kappa shape index (κ2) is 4.36. The quantitative estimate of drug-likeness (QED) is 0.335. The molecular weight excluding hydrogens is 143 g/mol. The molecule has 1 atom stereocenters. The van der Waals surface area contributed by atoms with Crippen molar-refractivity contribution in [1.29, 1.82) is 0 Å². The normalized spacial score (nSPS) is 15.8. The summed E-state index contributed by atoms with van der Waals surface area (Å²) in [5.74, 6) is -0.950.